The highest BCUT2D eigenvalue weighted by Crippen LogP contribution is 2.25. The lowest BCUT2D eigenvalue weighted by Gasteiger charge is -2.34. The first-order valence-corrected chi connectivity index (χ1v) is 6.61. The summed E-state index contributed by atoms with van der Waals surface area (Å²) < 4.78 is 0. The van der Waals surface area contributed by atoms with Crippen LogP contribution in [-0.4, -0.2) is 33.9 Å². The molecule has 0 aromatic carbocycles. The van der Waals surface area contributed by atoms with E-state index < -0.39 is 4.92 Å². The van der Waals surface area contributed by atoms with Crippen molar-refractivity contribution in [1.29, 1.82) is 0 Å². The van der Waals surface area contributed by atoms with Crippen LogP contribution in [0.4, 0.5) is 16.2 Å². The van der Waals surface area contributed by atoms with Gasteiger partial charge in [-0.3, -0.25) is 15.1 Å². The molecular formula is C13H18N4O3. The number of aromatic nitrogens is 1. The summed E-state index contributed by atoms with van der Waals surface area (Å²) in [6.07, 6.45) is 3.65. The fraction of sp³-hybridized carbons (Fsp3) is 0.538. The Bertz CT molecular complexity index is 510. The Kier molecular flexibility index (Phi) is 4.16. The average Bonchev–Trinajstić information content (AvgIpc) is 2.37. The molecule has 2 heterocycles. The third kappa shape index (κ3) is 3.23. The number of nitrogens with zero attached hydrogens (tertiary/aromatic N) is 3. The largest absolute Gasteiger partial charge is 0.324 e. The molecule has 0 saturated carbocycles. The van der Waals surface area contributed by atoms with Crippen molar-refractivity contribution in [3.63, 3.8) is 0 Å². The molecule has 0 radical (unpaired) electrons. The Hall–Kier alpha value is -2.18. The van der Waals surface area contributed by atoms with Crippen LogP contribution in [0.25, 0.3) is 0 Å². The lowest BCUT2D eigenvalue weighted by molar-refractivity contribution is -0.384. The van der Waals surface area contributed by atoms with Crippen molar-refractivity contribution >= 4 is 17.4 Å². The summed E-state index contributed by atoms with van der Waals surface area (Å²) in [7, 11) is 0. The Labute approximate surface area is 117 Å². The van der Waals surface area contributed by atoms with Crippen LogP contribution in [0, 0.1) is 22.0 Å². The third-order valence-electron chi connectivity index (χ3n) is 3.39. The van der Waals surface area contributed by atoms with E-state index in [0.29, 0.717) is 24.9 Å². The predicted octanol–water partition coefficient (Wildman–Crippen LogP) is 2.50. The monoisotopic (exact) mass is 278 g/mol. The zero-order chi connectivity index (χ0) is 14.7. The van der Waals surface area contributed by atoms with Crippen LogP contribution in [0.2, 0.25) is 0 Å². The van der Waals surface area contributed by atoms with Crippen molar-refractivity contribution in [3.8, 4) is 0 Å². The van der Waals surface area contributed by atoms with Crippen LogP contribution in [-0.2, 0) is 0 Å². The first-order valence-electron chi connectivity index (χ1n) is 6.61. The number of pyridine rings is 1. The van der Waals surface area contributed by atoms with Crippen molar-refractivity contribution in [1.82, 2.24) is 9.88 Å². The average molecular weight is 278 g/mol. The second-order valence-electron chi connectivity index (χ2n) is 5.43. The number of rotatable bonds is 2. The van der Waals surface area contributed by atoms with Crippen molar-refractivity contribution in [2.24, 2.45) is 11.8 Å². The SMILES string of the molecule is C[C@H]1C[C@H](C)CN(C(=O)Nc2ccncc2[N+](=O)[O-])C1. The number of hydrogen-bond acceptors (Lipinski definition) is 4. The molecule has 1 aliphatic heterocycles. The topological polar surface area (TPSA) is 88.4 Å². The van der Waals surface area contributed by atoms with Crippen LogP contribution in [0.15, 0.2) is 18.5 Å². The number of hydrogen-bond donors (Lipinski definition) is 1. The highest BCUT2D eigenvalue weighted by Gasteiger charge is 2.26. The molecule has 1 aromatic rings. The molecule has 2 rings (SSSR count). The number of anilines is 1. The highest BCUT2D eigenvalue weighted by atomic mass is 16.6. The van der Waals surface area contributed by atoms with Gasteiger partial charge in [0.1, 0.15) is 11.9 Å². The Morgan fingerprint density at radius 1 is 1.45 bits per heavy atom. The van der Waals surface area contributed by atoms with Crippen molar-refractivity contribution < 1.29 is 9.72 Å². The Morgan fingerprint density at radius 2 is 2.10 bits per heavy atom. The summed E-state index contributed by atoms with van der Waals surface area (Å²) in [5.41, 5.74) is -0.0140. The number of urea groups is 1. The number of amides is 2. The molecular weight excluding hydrogens is 260 g/mol. The summed E-state index contributed by atoms with van der Waals surface area (Å²) in [6, 6.07) is 1.14. The Morgan fingerprint density at radius 3 is 2.70 bits per heavy atom. The summed E-state index contributed by atoms with van der Waals surface area (Å²) in [5, 5.41) is 13.5. The van der Waals surface area contributed by atoms with E-state index in [1.807, 2.05) is 0 Å². The number of nitrogens with one attached hydrogen (secondary N) is 1. The first-order chi connectivity index (χ1) is 9.47. The smallest absolute Gasteiger partial charge is 0.322 e. The van der Waals surface area contributed by atoms with Gasteiger partial charge in [0.15, 0.2) is 0 Å². The van der Waals surface area contributed by atoms with Gasteiger partial charge in [0.2, 0.25) is 0 Å². The van der Waals surface area contributed by atoms with E-state index in [0.717, 1.165) is 12.6 Å². The molecule has 7 heteroatoms. The molecule has 0 bridgehead atoms. The van der Waals surface area contributed by atoms with E-state index in [9.17, 15) is 14.9 Å². The zero-order valence-electron chi connectivity index (χ0n) is 11.6. The minimum atomic E-state index is -0.552. The molecule has 1 aromatic heterocycles. The first kappa shape index (κ1) is 14.2. The maximum atomic E-state index is 12.2. The normalized spacial score (nSPS) is 22.4. The lowest BCUT2D eigenvalue weighted by Crippen LogP contribution is -2.44. The fourth-order valence-electron chi connectivity index (χ4n) is 2.66. The second-order valence-corrected chi connectivity index (χ2v) is 5.43. The highest BCUT2D eigenvalue weighted by molar-refractivity contribution is 5.91. The molecule has 7 nitrogen and oxygen atoms in total. The summed E-state index contributed by atoms with van der Waals surface area (Å²) in [6.45, 7) is 5.56. The molecule has 2 amide bonds. The maximum absolute atomic E-state index is 12.2. The van der Waals surface area contributed by atoms with Gasteiger partial charge in [-0.25, -0.2) is 4.79 Å². The molecule has 108 valence electrons. The summed E-state index contributed by atoms with van der Waals surface area (Å²) in [5.74, 6) is 0.883. The van der Waals surface area contributed by atoms with E-state index in [1.54, 1.807) is 4.90 Å². The van der Waals surface area contributed by atoms with Crippen LogP contribution in [0.5, 0.6) is 0 Å². The van der Waals surface area contributed by atoms with Crippen LogP contribution in [0.1, 0.15) is 20.3 Å². The zero-order valence-corrected chi connectivity index (χ0v) is 11.6. The van der Waals surface area contributed by atoms with E-state index in [1.165, 1.54) is 12.3 Å². The maximum Gasteiger partial charge on any atom is 0.322 e. The van der Waals surface area contributed by atoms with Crippen molar-refractivity contribution in [3.05, 3.63) is 28.6 Å². The van der Waals surface area contributed by atoms with Crippen molar-refractivity contribution in [2.45, 2.75) is 20.3 Å². The number of carbonyl (C=O) groups is 1. The predicted molar refractivity (Wildman–Crippen MR) is 74.4 cm³/mol. The van der Waals surface area contributed by atoms with Gasteiger partial charge in [-0.05, 0) is 24.3 Å². The van der Waals surface area contributed by atoms with Gasteiger partial charge >= 0.3 is 11.7 Å². The molecule has 20 heavy (non-hydrogen) atoms. The van der Waals surface area contributed by atoms with Gasteiger partial charge < -0.3 is 10.2 Å². The minimum absolute atomic E-state index is 0.181. The van der Waals surface area contributed by atoms with E-state index >= 15 is 0 Å². The molecule has 1 N–H and O–H groups in total. The van der Waals surface area contributed by atoms with Crippen LogP contribution < -0.4 is 5.32 Å². The van der Waals surface area contributed by atoms with E-state index in [-0.39, 0.29) is 17.4 Å². The van der Waals surface area contributed by atoms with Gasteiger partial charge in [0.25, 0.3) is 0 Å². The number of piperidine rings is 1. The lowest BCUT2D eigenvalue weighted by atomic mass is 9.92. The van der Waals surface area contributed by atoms with Gasteiger partial charge in [-0.15, -0.1) is 0 Å². The fourth-order valence-corrected chi connectivity index (χ4v) is 2.66. The van der Waals surface area contributed by atoms with Gasteiger partial charge in [0.05, 0.1) is 4.92 Å². The number of nitro groups is 1. The van der Waals surface area contributed by atoms with Crippen LogP contribution >= 0.6 is 0 Å². The van der Waals surface area contributed by atoms with E-state index in [2.05, 4.69) is 24.1 Å². The molecule has 0 aliphatic carbocycles. The van der Waals surface area contributed by atoms with Crippen molar-refractivity contribution in [2.75, 3.05) is 18.4 Å². The van der Waals surface area contributed by atoms with Gasteiger partial charge in [-0.1, -0.05) is 13.8 Å². The third-order valence-corrected chi connectivity index (χ3v) is 3.39. The number of carbonyl (C=O) groups excluding carboxylic acids is 1. The summed E-state index contributed by atoms with van der Waals surface area (Å²) in [4.78, 5) is 28.0. The molecule has 1 saturated heterocycles. The molecule has 1 fully saturated rings. The number of likely N-dealkylation sites (tertiary alicyclic amines) is 1. The van der Waals surface area contributed by atoms with Gasteiger partial charge in [-0.2, -0.15) is 0 Å². The molecule has 0 spiro atoms. The Balaban J connectivity index is 2.10. The summed E-state index contributed by atoms with van der Waals surface area (Å²) >= 11 is 0. The minimum Gasteiger partial charge on any atom is -0.324 e. The molecule has 0 unspecified atom stereocenters. The standard InChI is InChI=1S/C13H18N4O3/c1-9-5-10(2)8-16(7-9)13(18)15-11-3-4-14-6-12(11)17(19)20/h3-4,6,9-10H,5,7-8H2,1-2H3,(H,14,15,18)/t9-,10-/m0/s1. The van der Waals surface area contributed by atoms with Gasteiger partial charge in [0, 0.05) is 19.3 Å². The molecule has 2 atom stereocenters. The quantitative estimate of drug-likeness (QED) is 0.665. The molecule has 1 aliphatic rings. The van der Waals surface area contributed by atoms with E-state index in [4.69, 9.17) is 0 Å². The van der Waals surface area contributed by atoms with Crippen LogP contribution in [0.3, 0.4) is 0 Å². The second kappa shape index (κ2) is 5.85.